The second-order valence-electron chi connectivity index (χ2n) is 3.04. The molecule has 15 heavy (non-hydrogen) atoms. The van der Waals surface area contributed by atoms with Gasteiger partial charge in [0.25, 0.3) is 5.56 Å². The van der Waals surface area contributed by atoms with Crippen LogP contribution in [0.1, 0.15) is 0 Å². The zero-order valence-electron chi connectivity index (χ0n) is 8.19. The molecule has 2 heterocycles. The third kappa shape index (κ3) is 1.66. The number of aromatic amines is 1. The van der Waals surface area contributed by atoms with Crippen LogP contribution in [0.3, 0.4) is 0 Å². The largest absolute Gasteiger partial charge is 0.369 e. The maximum Gasteiger partial charge on any atom is 0.282 e. The number of nitrogens with two attached hydrogens (primary N) is 1. The first-order chi connectivity index (χ1) is 7.22. The highest BCUT2D eigenvalue weighted by Gasteiger charge is 2.09. The zero-order chi connectivity index (χ0) is 10.8. The van der Waals surface area contributed by atoms with Crippen LogP contribution in [0, 0.1) is 0 Å². The van der Waals surface area contributed by atoms with Crippen molar-refractivity contribution in [2.24, 2.45) is 0 Å². The molecular formula is C7H11N7O. The number of H-pyrrole nitrogens is 1. The van der Waals surface area contributed by atoms with Crippen molar-refractivity contribution in [2.75, 3.05) is 19.3 Å². The molecule has 0 amide bonds. The zero-order valence-corrected chi connectivity index (χ0v) is 8.19. The Bertz CT molecular complexity index is 528. The SMILES string of the molecule is CNCCn1nnc2c(=O)[nH]c(N)nc21. The molecule has 2 aromatic heterocycles. The molecule has 0 atom stereocenters. The number of rotatable bonds is 3. The smallest absolute Gasteiger partial charge is 0.282 e. The van der Waals surface area contributed by atoms with Gasteiger partial charge in [-0.15, -0.1) is 5.10 Å². The lowest BCUT2D eigenvalue weighted by Crippen LogP contribution is -2.17. The van der Waals surface area contributed by atoms with Crippen molar-refractivity contribution in [1.82, 2.24) is 30.3 Å². The van der Waals surface area contributed by atoms with Crippen molar-refractivity contribution in [3.05, 3.63) is 10.4 Å². The Hall–Kier alpha value is -1.96. The van der Waals surface area contributed by atoms with Crippen LogP contribution in [0.5, 0.6) is 0 Å². The topological polar surface area (TPSA) is 115 Å². The molecule has 0 aliphatic carbocycles. The van der Waals surface area contributed by atoms with E-state index in [0.717, 1.165) is 0 Å². The van der Waals surface area contributed by atoms with E-state index >= 15 is 0 Å². The van der Waals surface area contributed by atoms with Gasteiger partial charge in [0.05, 0.1) is 6.54 Å². The molecule has 0 aromatic carbocycles. The number of anilines is 1. The van der Waals surface area contributed by atoms with Gasteiger partial charge >= 0.3 is 0 Å². The third-order valence-electron chi connectivity index (χ3n) is 1.97. The monoisotopic (exact) mass is 209 g/mol. The second-order valence-corrected chi connectivity index (χ2v) is 3.04. The normalized spacial score (nSPS) is 11.0. The van der Waals surface area contributed by atoms with Gasteiger partial charge in [0.2, 0.25) is 5.95 Å². The number of hydrogen-bond donors (Lipinski definition) is 3. The molecule has 0 aliphatic rings. The Kier molecular flexibility index (Phi) is 2.34. The predicted molar refractivity (Wildman–Crippen MR) is 54.3 cm³/mol. The van der Waals surface area contributed by atoms with Gasteiger partial charge in [-0.05, 0) is 7.05 Å². The lowest BCUT2D eigenvalue weighted by Gasteiger charge is -2.00. The average molecular weight is 209 g/mol. The van der Waals surface area contributed by atoms with E-state index in [2.05, 4.69) is 25.6 Å². The summed E-state index contributed by atoms with van der Waals surface area (Å²) in [5.74, 6) is 0.0699. The molecule has 0 saturated heterocycles. The van der Waals surface area contributed by atoms with E-state index in [4.69, 9.17) is 5.73 Å². The summed E-state index contributed by atoms with van der Waals surface area (Å²) in [5.41, 5.74) is 5.68. The summed E-state index contributed by atoms with van der Waals surface area (Å²) in [7, 11) is 1.83. The molecule has 0 fully saturated rings. The molecule has 0 spiro atoms. The lowest BCUT2D eigenvalue weighted by molar-refractivity contribution is 0.576. The Morgan fingerprint density at radius 3 is 3.13 bits per heavy atom. The summed E-state index contributed by atoms with van der Waals surface area (Å²) < 4.78 is 1.54. The number of aromatic nitrogens is 5. The minimum absolute atomic E-state index is 0.0699. The summed E-state index contributed by atoms with van der Waals surface area (Å²) >= 11 is 0. The third-order valence-corrected chi connectivity index (χ3v) is 1.97. The molecule has 2 rings (SSSR count). The molecule has 80 valence electrons. The van der Waals surface area contributed by atoms with Crippen LogP contribution in [-0.2, 0) is 6.54 Å². The maximum absolute atomic E-state index is 11.4. The van der Waals surface area contributed by atoms with Gasteiger partial charge in [-0.3, -0.25) is 9.78 Å². The van der Waals surface area contributed by atoms with E-state index < -0.39 is 0 Å². The van der Waals surface area contributed by atoms with Gasteiger partial charge in [0.1, 0.15) is 0 Å². The van der Waals surface area contributed by atoms with E-state index in [0.29, 0.717) is 18.7 Å². The number of nitrogen functional groups attached to an aromatic ring is 1. The number of fused-ring (bicyclic) bond motifs is 1. The summed E-state index contributed by atoms with van der Waals surface area (Å²) in [5, 5.41) is 10.5. The van der Waals surface area contributed by atoms with Gasteiger partial charge in [-0.2, -0.15) is 4.98 Å². The van der Waals surface area contributed by atoms with Crippen LogP contribution in [0.25, 0.3) is 11.2 Å². The molecule has 0 bridgehead atoms. The highest BCUT2D eigenvalue weighted by molar-refractivity contribution is 5.69. The molecule has 0 aliphatic heterocycles. The first-order valence-electron chi connectivity index (χ1n) is 4.46. The molecule has 0 radical (unpaired) electrons. The fraction of sp³-hybridized carbons (Fsp3) is 0.429. The fourth-order valence-electron chi connectivity index (χ4n) is 1.25. The molecule has 8 heteroatoms. The maximum atomic E-state index is 11.4. The summed E-state index contributed by atoms with van der Waals surface area (Å²) in [4.78, 5) is 17.7. The summed E-state index contributed by atoms with van der Waals surface area (Å²) in [6, 6.07) is 0. The molecular weight excluding hydrogens is 198 g/mol. The minimum atomic E-state index is -0.367. The average Bonchev–Trinajstić information content (AvgIpc) is 2.58. The highest BCUT2D eigenvalue weighted by Crippen LogP contribution is 2.02. The van der Waals surface area contributed by atoms with Crippen molar-refractivity contribution in [3.63, 3.8) is 0 Å². The Balaban J connectivity index is 2.53. The van der Waals surface area contributed by atoms with Crippen molar-refractivity contribution >= 4 is 17.1 Å². The molecule has 0 saturated carbocycles. The number of nitrogens with one attached hydrogen (secondary N) is 2. The molecule has 8 nitrogen and oxygen atoms in total. The standard InChI is InChI=1S/C7H11N7O/c1-9-2-3-14-5-4(12-13-14)6(15)11-7(8)10-5/h9H,2-3H2,1H3,(H3,8,10,11,15). The Labute approximate surface area is 84.5 Å². The van der Waals surface area contributed by atoms with Crippen molar-refractivity contribution in [3.8, 4) is 0 Å². The van der Waals surface area contributed by atoms with Crippen molar-refractivity contribution in [2.45, 2.75) is 6.54 Å². The summed E-state index contributed by atoms with van der Waals surface area (Å²) in [6.45, 7) is 1.30. The number of nitrogens with zero attached hydrogens (tertiary/aromatic N) is 4. The van der Waals surface area contributed by atoms with E-state index in [1.54, 1.807) is 0 Å². The number of likely N-dealkylation sites (N-methyl/N-ethyl adjacent to an activating group) is 1. The Morgan fingerprint density at radius 1 is 1.60 bits per heavy atom. The van der Waals surface area contributed by atoms with Gasteiger partial charge in [-0.1, -0.05) is 5.21 Å². The highest BCUT2D eigenvalue weighted by atomic mass is 16.1. The van der Waals surface area contributed by atoms with Crippen molar-refractivity contribution in [1.29, 1.82) is 0 Å². The quantitative estimate of drug-likeness (QED) is 0.556. The van der Waals surface area contributed by atoms with Gasteiger partial charge in [-0.25, -0.2) is 4.68 Å². The second kappa shape index (κ2) is 3.65. The van der Waals surface area contributed by atoms with E-state index in [1.807, 2.05) is 7.05 Å². The Morgan fingerprint density at radius 2 is 2.40 bits per heavy atom. The van der Waals surface area contributed by atoms with E-state index in [1.165, 1.54) is 4.68 Å². The summed E-state index contributed by atoms with van der Waals surface area (Å²) in [6.07, 6.45) is 0. The lowest BCUT2D eigenvalue weighted by atomic mass is 10.5. The van der Waals surface area contributed by atoms with Gasteiger partial charge in [0.15, 0.2) is 11.2 Å². The fourth-order valence-corrected chi connectivity index (χ4v) is 1.25. The molecule has 2 aromatic rings. The van der Waals surface area contributed by atoms with E-state index in [-0.39, 0.29) is 17.0 Å². The predicted octanol–water partition coefficient (Wildman–Crippen LogP) is -1.68. The van der Waals surface area contributed by atoms with Crippen molar-refractivity contribution < 1.29 is 0 Å². The van der Waals surface area contributed by atoms with Crippen LogP contribution in [0.2, 0.25) is 0 Å². The van der Waals surface area contributed by atoms with Crippen LogP contribution in [0.4, 0.5) is 5.95 Å². The van der Waals surface area contributed by atoms with Gasteiger partial charge < -0.3 is 11.1 Å². The molecule has 4 N–H and O–H groups in total. The van der Waals surface area contributed by atoms with Crippen LogP contribution in [0.15, 0.2) is 4.79 Å². The first-order valence-corrected chi connectivity index (χ1v) is 4.46. The van der Waals surface area contributed by atoms with Crippen LogP contribution in [-0.4, -0.2) is 38.6 Å². The van der Waals surface area contributed by atoms with E-state index in [9.17, 15) is 4.79 Å². The van der Waals surface area contributed by atoms with Crippen LogP contribution >= 0.6 is 0 Å². The number of hydrogen-bond acceptors (Lipinski definition) is 6. The van der Waals surface area contributed by atoms with Gasteiger partial charge in [0, 0.05) is 6.54 Å². The first kappa shape index (κ1) is 9.59. The van der Waals surface area contributed by atoms with Crippen LogP contribution < -0.4 is 16.6 Å². The minimum Gasteiger partial charge on any atom is -0.369 e. The molecule has 0 unspecified atom stereocenters.